The first-order chi connectivity index (χ1) is 10.1. The summed E-state index contributed by atoms with van der Waals surface area (Å²) in [6.45, 7) is 2.70. The number of benzene rings is 1. The Bertz CT molecular complexity index is 567. The molecule has 6 nitrogen and oxygen atoms in total. The van der Waals surface area contributed by atoms with Gasteiger partial charge in [0.15, 0.2) is 11.5 Å². The van der Waals surface area contributed by atoms with Crippen LogP contribution in [0.4, 0.5) is 0 Å². The number of hydrogen-bond acceptors (Lipinski definition) is 4. The summed E-state index contributed by atoms with van der Waals surface area (Å²) < 4.78 is 10.5. The highest BCUT2D eigenvalue weighted by Gasteiger charge is 2.13. The van der Waals surface area contributed by atoms with Crippen molar-refractivity contribution in [1.82, 2.24) is 4.90 Å². The fourth-order valence-electron chi connectivity index (χ4n) is 1.94. The van der Waals surface area contributed by atoms with Gasteiger partial charge in [-0.15, -0.1) is 0 Å². The van der Waals surface area contributed by atoms with Crippen molar-refractivity contribution in [2.24, 2.45) is 0 Å². The molecule has 0 radical (unpaired) electrons. The molecule has 0 aromatic heterocycles. The molecule has 0 saturated carbocycles. The van der Waals surface area contributed by atoms with Crippen molar-refractivity contribution >= 4 is 18.0 Å². The van der Waals surface area contributed by atoms with Crippen LogP contribution in [0.15, 0.2) is 24.3 Å². The smallest absolute Gasteiger partial charge is 0.305 e. The van der Waals surface area contributed by atoms with Crippen LogP contribution >= 0.6 is 0 Å². The Balaban J connectivity index is 1.98. The standard InChI is InChI=1S/C15H17NO5/c1-2-16(8-7-15(18)19)14(17)6-4-11-3-5-12-13(9-11)21-10-20-12/h3-6,9H,2,7-8,10H2,1H3,(H,18,19). The van der Waals surface area contributed by atoms with Gasteiger partial charge in [-0.05, 0) is 30.7 Å². The van der Waals surface area contributed by atoms with Crippen molar-refractivity contribution in [2.75, 3.05) is 19.9 Å². The number of carboxylic acid groups (broad SMARTS) is 1. The van der Waals surface area contributed by atoms with Crippen LogP contribution in [-0.4, -0.2) is 41.8 Å². The molecule has 0 saturated heterocycles. The van der Waals surface area contributed by atoms with Crippen molar-refractivity contribution in [3.05, 3.63) is 29.8 Å². The quantitative estimate of drug-likeness (QED) is 0.808. The summed E-state index contributed by atoms with van der Waals surface area (Å²) in [5.41, 5.74) is 0.821. The van der Waals surface area contributed by atoms with Gasteiger partial charge in [0.05, 0.1) is 6.42 Å². The van der Waals surface area contributed by atoms with E-state index in [-0.39, 0.29) is 25.7 Å². The highest BCUT2D eigenvalue weighted by atomic mass is 16.7. The summed E-state index contributed by atoms with van der Waals surface area (Å²) in [5, 5.41) is 8.66. The number of carboxylic acids is 1. The molecule has 21 heavy (non-hydrogen) atoms. The average molecular weight is 291 g/mol. The van der Waals surface area contributed by atoms with Crippen LogP contribution < -0.4 is 9.47 Å². The number of carbonyl (C=O) groups is 2. The Labute approximate surface area is 122 Å². The topological polar surface area (TPSA) is 76.1 Å². The lowest BCUT2D eigenvalue weighted by atomic mass is 10.2. The van der Waals surface area contributed by atoms with E-state index < -0.39 is 5.97 Å². The van der Waals surface area contributed by atoms with E-state index in [2.05, 4.69) is 0 Å². The molecule has 0 bridgehead atoms. The van der Waals surface area contributed by atoms with Gasteiger partial charge in [-0.3, -0.25) is 9.59 Å². The van der Waals surface area contributed by atoms with Crippen LogP contribution in [-0.2, 0) is 9.59 Å². The molecule has 6 heteroatoms. The second kappa shape index (κ2) is 6.78. The van der Waals surface area contributed by atoms with Crippen LogP contribution in [0.5, 0.6) is 11.5 Å². The van der Waals surface area contributed by atoms with Gasteiger partial charge in [-0.25, -0.2) is 0 Å². The molecule has 112 valence electrons. The first-order valence-electron chi connectivity index (χ1n) is 6.68. The molecule has 1 aliphatic rings. The summed E-state index contributed by atoms with van der Waals surface area (Å²) in [6.07, 6.45) is 3.05. The van der Waals surface area contributed by atoms with Crippen LogP contribution in [0, 0.1) is 0 Å². The number of likely N-dealkylation sites (N-methyl/N-ethyl adjacent to an activating group) is 1. The molecule has 1 aromatic carbocycles. The third kappa shape index (κ3) is 3.98. The zero-order valence-electron chi connectivity index (χ0n) is 11.7. The first kappa shape index (κ1) is 14.9. The second-order valence-electron chi connectivity index (χ2n) is 4.51. The monoisotopic (exact) mass is 291 g/mol. The second-order valence-corrected chi connectivity index (χ2v) is 4.51. The SMILES string of the molecule is CCN(CCC(=O)O)C(=O)C=Cc1ccc2c(c1)OCO2. The summed E-state index contributed by atoms with van der Waals surface area (Å²) in [7, 11) is 0. The predicted molar refractivity (Wildman–Crippen MR) is 76.1 cm³/mol. The van der Waals surface area contributed by atoms with Crippen LogP contribution in [0.2, 0.25) is 0 Å². The van der Waals surface area contributed by atoms with Gasteiger partial charge in [0.25, 0.3) is 0 Å². The summed E-state index contributed by atoms with van der Waals surface area (Å²) in [6, 6.07) is 5.40. The van der Waals surface area contributed by atoms with Gasteiger partial charge in [0.2, 0.25) is 12.7 Å². The lowest BCUT2D eigenvalue weighted by molar-refractivity contribution is -0.137. The largest absolute Gasteiger partial charge is 0.481 e. The third-order valence-electron chi connectivity index (χ3n) is 3.10. The van der Waals surface area contributed by atoms with E-state index in [0.29, 0.717) is 18.0 Å². The number of hydrogen-bond donors (Lipinski definition) is 1. The Hall–Kier alpha value is -2.50. The number of amides is 1. The molecular formula is C15H17NO5. The summed E-state index contributed by atoms with van der Waals surface area (Å²) in [5.74, 6) is 0.218. The van der Waals surface area contributed by atoms with Gasteiger partial charge < -0.3 is 19.5 Å². The first-order valence-corrected chi connectivity index (χ1v) is 6.68. The van der Waals surface area contributed by atoms with Gasteiger partial charge in [-0.2, -0.15) is 0 Å². The third-order valence-corrected chi connectivity index (χ3v) is 3.10. The van der Waals surface area contributed by atoms with E-state index in [1.165, 1.54) is 11.0 Å². The average Bonchev–Trinajstić information content (AvgIpc) is 2.92. The number of aliphatic carboxylic acids is 1. The van der Waals surface area contributed by atoms with E-state index in [4.69, 9.17) is 14.6 Å². The number of fused-ring (bicyclic) bond motifs is 1. The molecule has 2 rings (SSSR count). The van der Waals surface area contributed by atoms with E-state index in [9.17, 15) is 9.59 Å². The van der Waals surface area contributed by atoms with E-state index in [1.54, 1.807) is 18.2 Å². The Morgan fingerprint density at radius 1 is 1.33 bits per heavy atom. The zero-order chi connectivity index (χ0) is 15.2. The molecule has 1 aliphatic heterocycles. The molecule has 0 atom stereocenters. The van der Waals surface area contributed by atoms with E-state index >= 15 is 0 Å². The molecule has 0 fully saturated rings. The highest BCUT2D eigenvalue weighted by molar-refractivity contribution is 5.92. The van der Waals surface area contributed by atoms with Gasteiger partial charge in [0.1, 0.15) is 0 Å². The van der Waals surface area contributed by atoms with Crippen LogP contribution in [0.3, 0.4) is 0 Å². The van der Waals surface area contributed by atoms with Gasteiger partial charge in [0, 0.05) is 19.2 Å². The minimum absolute atomic E-state index is 0.0581. The molecule has 1 amide bonds. The molecule has 0 aliphatic carbocycles. The Morgan fingerprint density at radius 2 is 2.10 bits per heavy atom. The molecular weight excluding hydrogens is 274 g/mol. The molecule has 1 N–H and O–H groups in total. The minimum Gasteiger partial charge on any atom is -0.481 e. The molecule has 1 heterocycles. The lowest BCUT2D eigenvalue weighted by Crippen LogP contribution is -2.31. The van der Waals surface area contributed by atoms with Crippen molar-refractivity contribution < 1.29 is 24.2 Å². The maximum absolute atomic E-state index is 12.0. The van der Waals surface area contributed by atoms with Crippen molar-refractivity contribution in [1.29, 1.82) is 0 Å². The Morgan fingerprint density at radius 3 is 2.81 bits per heavy atom. The predicted octanol–water partition coefficient (Wildman–Crippen LogP) is 1.75. The minimum atomic E-state index is -0.916. The van der Waals surface area contributed by atoms with Gasteiger partial charge >= 0.3 is 5.97 Å². The number of carbonyl (C=O) groups excluding carboxylic acids is 1. The number of nitrogens with zero attached hydrogens (tertiary/aromatic N) is 1. The van der Waals surface area contributed by atoms with E-state index in [0.717, 1.165) is 5.56 Å². The van der Waals surface area contributed by atoms with Crippen molar-refractivity contribution in [3.63, 3.8) is 0 Å². The maximum Gasteiger partial charge on any atom is 0.305 e. The Kier molecular flexibility index (Phi) is 4.81. The summed E-state index contributed by atoms with van der Waals surface area (Å²) in [4.78, 5) is 24.0. The van der Waals surface area contributed by atoms with E-state index in [1.807, 2.05) is 13.0 Å². The molecule has 0 spiro atoms. The van der Waals surface area contributed by atoms with Crippen LogP contribution in [0.1, 0.15) is 18.9 Å². The van der Waals surface area contributed by atoms with Crippen molar-refractivity contribution in [3.8, 4) is 11.5 Å². The fraction of sp³-hybridized carbons (Fsp3) is 0.333. The number of rotatable bonds is 6. The molecule has 0 unspecified atom stereocenters. The lowest BCUT2D eigenvalue weighted by Gasteiger charge is -2.17. The maximum atomic E-state index is 12.0. The zero-order valence-corrected chi connectivity index (χ0v) is 11.7. The molecule has 1 aromatic rings. The summed E-state index contributed by atoms with van der Waals surface area (Å²) >= 11 is 0. The normalized spacial score (nSPS) is 12.6. The van der Waals surface area contributed by atoms with Crippen molar-refractivity contribution in [2.45, 2.75) is 13.3 Å². The fourth-order valence-corrected chi connectivity index (χ4v) is 1.94. The van der Waals surface area contributed by atoms with Crippen LogP contribution in [0.25, 0.3) is 6.08 Å². The van der Waals surface area contributed by atoms with Gasteiger partial charge in [-0.1, -0.05) is 6.07 Å². The highest BCUT2D eigenvalue weighted by Crippen LogP contribution is 2.32. The number of ether oxygens (including phenoxy) is 2.